The van der Waals surface area contributed by atoms with Gasteiger partial charge in [-0.25, -0.2) is 22.0 Å². The Morgan fingerprint density at radius 1 is 1.15 bits per heavy atom. The summed E-state index contributed by atoms with van der Waals surface area (Å²) >= 11 is 0. The summed E-state index contributed by atoms with van der Waals surface area (Å²) in [5.74, 6) is -8.06. The zero-order valence-corrected chi connectivity index (χ0v) is 6.54. The van der Waals surface area contributed by atoms with E-state index in [0.29, 0.717) is 0 Å². The van der Waals surface area contributed by atoms with Gasteiger partial charge in [-0.05, 0) is 6.92 Å². The molecule has 2 atom stereocenters. The summed E-state index contributed by atoms with van der Waals surface area (Å²) in [6, 6.07) is 0. The van der Waals surface area contributed by atoms with E-state index >= 15 is 0 Å². The van der Waals surface area contributed by atoms with Crippen LogP contribution in [0.5, 0.6) is 0 Å². The van der Waals surface area contributed by atoms with Crippen LogP contribution in [-0.2, 0) is 0 Å². The van der Waals surface area contributed by atoms with Gasteiger partial charge in [-0.2, -0.15) is 0 Å². The van der Waals surface area contributed by atoms with Gasteiger partial charge in [0.05, 0.1) is 0 Å². The lowest BCUT2D eigenvalue weighted by atomic mass is 9.90. The number of nitrogens with two attached hydrogens (primary N) is 1. The minimum Gasteiger partial charge on any atom is -0.317 e. The number of halogens is 5. The van der Waals surface area contributed by atoms with Crippen LogP contribution in [-0.4, -0.2) is 11.7 Å². The predicted octanol–water partition coefficient (Wildman–Crippen LogP) is 2.36. The molecular weight excluding hydrogens is 193 g/mol. The number of hydrogen-bond donors (Lipinski definition) is 1. The summed E-state index contributed by atoms with van der Waals surface area (Å²) in [7, 11) is 0. The number of hydrogen-bond acceptors (Lipinski definition) is 1. The van der Waals surface area contributed by atoms with Gasteiger partial charge in [0.25, 0.3) is 0 Å². The molecule has 0 aromatic rings. The molecule has 2 N–H and O–H groups in total. The Morgan fingerprint density at radius 3 is 2.08 bits per heavy atom. The molecule has 1 aliphatic carbocycles. The quantitative estimate of drug-likeness (QED) is 0.595. The van der Waals surface area contributed by atoms with Crippen LogP contribution in [0.1, 0.15) is 6.92 Å². The van der Waals surface area contributed by atoms with Crippen LogP contribution < -0.4 is 5.73 Å². The van der Waals surface area contributed by atoms with E-state index in [0.717, 1.165) is 6.92 Å². The molecule has 0 aromatic heterocycles. The number of alkyl halides is 1. The third kappa shape index (κ3) is 1.25. The molecule has 74 valence electrons. The molecule has 6 heteroatoms. The first-order valence-corrected chi connectivity index (χ1v) is 3.34. The molecule has 0 radical (unpaired) electrons. The first kappa shape index (κ1) is 10.2. The Bertz CT molecular complexity index is 304. The predicted molar refractivity (Wildman–Crippen MR) is 36.0 cm³/mol. The molecule has 1 rings (SSSR count). The molecule has 0 spiro atoms. The van der Waals surface area contributed by atoms with Crippen molar-refractivity contribution < 1.29 is 22.0 Å². The van der Waals surface area contributed by atoms with Crippen LogP contribution in [0.2, 0.25) is 0 Å². The zero-order valence-electron chi connectivity index (χ0n) is 6.54. The maximum atomic E-state index is 12.8. The van der Waals surface area contributed by atoms with Crippen LogP contribution in [0.4, 0.5) is 22.0 Å². The monoisotopic (exact) mass is 199 g/mol. The van der Waals surface area contributed by atoms with Crippen LogP contribution in [0.3, 0.4) is 0 Å². The summed E-state index contributed by atoms with van der Waals surface area (Å²) in [6.45, 7) is 0.735. The first-order valence-electron chi connectivity index (χ1n) is 3.34. The van der Waals surface area contributed by atoms with Crippen LogP contribution >= 0.6 is 0 Å². The molecule has 0 aromatic carbocycles. The second-order valence-electron chi connectivity index (χ2n) is 2.94. The lowest BCUT2D eigenvalue weighted by Gasteiger charge is -2.29. The molecule has 1 aliphatic rings. The minimum absolute atomic E-state index is 0.735. The van der Waals surface area contributed by atoms with Crippen molar-refractivity contribution in [1.29, 1.82) is 0 Å². The van der Waals surface area contributed by atoms with Gasteiger partial charge < -0.3 is 5.73 Å². The highest BCUT2D eigenvalue weighted by Crippen LogP contribution is 2.40. The van der Waals surface area contributed by atoms with Gasteiger partial charge in [-0.15, -0.1) is 0 Å². The Morgan fingerprint density at radius 2 is 1.62 bits per heavy atom. The second kappa shape index (κ2) is 2.80. The molecule has 13 heavy (non-hydrogen) atoms. The third-order valence-corrected chi connectivity index (χ3v) is 1.82. The molecule has 0 amide bonds. The average Bonchev–Trinajstić information content (AvgIpc) is 2.09. The van der Waals surface area contributed by atoms with Gasteiger partial charge in [0.15, 0.2) is 29.5 Å². The topological polar surface area (TPSA) is 26.0 Å². The second-order valence-corrected chi connectivity index (χ2v) is 2.94. The van der Waals surface area contributed by atoms with Gasteiger partial charge in [0.1, 0.15) is 5.54 Å². The third-order valence-electron chi connectivity index (χ3n) is 1.82. The summed E-state index contributed by atoms with van der Waals surface area (Å²) in [5, 5.41) is 0. The van der Waals surface area contributed by atoms with Crippen molar-refractivity contribution in [2.24, 2.45) is 5.73 Å². The highest BCUT2D eigenvalue weighted by atomic mass is 19.2. The van der Waals surface area contributed by atoms with Crippen molar-refractivity contribution in [3.8, 4) is 0 Å². The van der Waals surface area contributed by atoms with Crippen molar-refractivity contribution in [2.45, 2.75) is 18.6 Å². The minimum atomic E-state index is -2.70. The van der Waals surface area contributed by atoms with E-state index < -0.39 is 35.0 Å². The van der Waals surface area contributed by atoms with Crippen molar-refractivity contribution >= 4 is 0 Å². The van der Waals surface area contributed by atoms with E-state index in [1.807, 2.05) is 0 Å². The normalized spacial score (nSPS) is 35.8. The summed E-state index contributed by atoms with van der Waals surface area (Å²) in [4.78, 5) is 0. The first-order chi connectivity index (χ1) is 5.80. The fourth-order valence-corrected chi connectivity index (χ4v) is 0.923. The van der Waals surface area contributed by atoms with Crippen LogP contribution in [0.15, 0.2) is 23.3 Å². The van der Waals surface area contributed by atoms with E-state index in [-0.39, 0.29) is 0 Å². The Hall–Kier alpha value is -0.910. The Balaban J connectivity index is 3.32. The Kier molecular flexibility index (Phi) is 2.19. The number of rotatable bonds is 0. The molecule has 0 saturated heterocycles. The van der Waals surface area contributed by atoms with Gasteiger partial charge in [0, 0.05) is 0 Å². The fourth-order valence-electron chi connectivity index (χ4n) is 0.923. The molecular formula is C7H6F5N. The summed E-state index contributed by atoms with van der Waals surface area (Å²) < 4.78 is 62.8. The fraction of sp³-hybridized carbons (Fsp3) is 0.429. The molecule has 0 heterocycles. The maximum absolute atomic E-state index is 12.8. The molecule has 0 saturated carbocycles. The lowest BCUT2D eigenvalue weighted by Crippen LogP contribution is -2.49. The highest BCUT2D eigenvalue weighted by Gasteiger charge is 2.47. The van der Waals surface area contributed by atoms with Crippen LogP contribution in [0.25, 0.3) is 0 Å². The van der Waals surface area contributed by atoms with Crippen molar-refractivity contribution in [2.75, 3.05) is 0 Å². The van der Waals surface area contributed by atoms with Crippen molar-refractivity contribution in [3.05, 3.63) is 23.3 Å². The summed E-state index contributed by atoms with van der Waals surface area (Å²) in [6.07, 6.45) is -2.70. The zero-order chi connectivity index (χ0) is 10.4. The number of allylic oxidation sites excluding steroid dienone is 2. The van der Waals surface area contributed by atoms with Gasteiger partial charge in [0.2, 0.25) is 0 Å². The SMILES string of the molecule is CC1(N)C(F)=C(F)C(F)=C(F)C1F. The molecule has 0 bridgehead atoms. The van der Waals surface area contributed by atoms with E-state index in [2.05, 4.69) is 0 Å². The van der Waals surface area contributed by atoms with Gasteiger partial charge in [-0.3, -0.25) is 0 Å². The van der Waals surface area contributed by atoms with Gasteiger partial charge >= 0.3 is 0 Å². The van der Waals surface area contributed by atoms with Crippen molar-refractivity contribution in [1.82, 2.24) is 0 Å². The van der Waals surface area contributed by atoms with Crippen LogP contribution in [0, 0.1) is 0 Å². The van der Waals surface area contributed by atoms with Crippen molar-refractivity contribution in [3.63, 3.8) is 0 Å². The molecule has 2 unspecified atom stereocenters. The molecule has 0 aliphatic heterocycles. The van der Waals surface area contributed by atoms with E-state index in [9.17, 15) is 22.0 Å². The standard InChI is InChI=1S/C7H6F5N/c1-7(13)5(11)3(9)2(8)4(10)6(7)12/h5H,13H2,1H3. The van der Waals surface area contributed by atoms with E-state index in [1.165, 1.54) is 0 Å². The van der Waals surface area contributed by atoms with E-state index in [1.54, 1.807) is 0 Å². The lowest BCUT2D eigenvalue weighted by molar-refractivity contribution is 0.187. The largest absolute Gasteiger partial charge is 0.317 e. The Labute approximate surface area is 70.7 Å². The maximum Gasteiger partial charge on any atom is 0.196 e. The molecule has 0 fully saturated rings. The smallest absolute Gasteiger partial charge is 0.196 e. The molecule has 1 nitrogen and oxygen atoms in total. The summed E-state index contributed by atoms with van der Waals surface area (Å²) in [5.41, 5.74) is 2.44. The van der Waals surface area contributed by atoms with Gasteiger partial charge in [-0.1, -0.05) is 0 Å². The average molecular weight is 199 g/mol. The van der Waals surface area contributed by atoms with E-state index in [4.69, 9.17) is 5.73 Å². The highest BCUT2D eigenvalue weighted by molar-refractivity contribution is 5.39.